The second kappa shape index (κ2) is 15.2. The Bertz CT molecular complexity index is 1990. The van der Waals surface area contributed by atoms with Gasteiger partial charge in [-0.05, 0) is 85.4 Å². The lowest BCUT2D eigenvalue weighted by molar-refractivity contribution is 0.0822. The van der Waals surface area contributed by atoms with Crippen LogP contribution in [0.15, 0.2) is 70.7 Å². The van der Waals surface area contributed by atoms with Crippen LogP contribution in [0, 0.1) is 34.4 Å². The first-order valence-corrected chi connectivity index (χ1v) is 18.0. The number of nitrogens with zero attached hydrogens (tertiary/aromatic N) is 7. The van der Waals surface area contributed by atoms with E-state index in [0.717, 1.165) is 44.1 Å². The zero-order valence-corrected chi connectivity index (χ0v) is 30.6. The number of hydrogen-bond acceptors (Lipinski definition) is 7. The minimum atomic E-state index is -0.381. The number of aryl methyl sites for hydroxylation is 1. The van der Waals surface area contributed by atoms with E-state index in [1.165, 1.54) is 13.2 Å². The zero-order valence-electron chi connectivity index (χ0n) is 30.6. The fraction of sp³-hybridized carbons (Fsp3) is 0.475. The van der Waals surface area contributed by atoms with Crippen molar-refractivity contribution in [1.29, 1.82) is 5.26 Å². The van der Waals surface area contributed by atoms with Crippen LogP contribution in [0.3, 0.4) is 0 Å². The largest absolute Gasteiger partial charge is 0.497 e. The van der Waals surface area contributed by atoms with Gasteiger partial charge in [0.05, 0.1) is 36.7 Å². The van der Waals surface area contributed by atoms with Crippen LogP contribution < -0.4 is 15.6 Å². The summed E-state index contributed by atoms with van der Waals surface area (Å²) in [6, 6.07) is 16.7. The molecule has 2 aromatic carbocycles. The van der Waals surface area contributed by atoms with E-state index in [-0.39, 0.29) is 35.4 Å². The van der Waals surface area contributed by atoms with Crippen LogP contribution in [0.25, 0.3) is 22.3 Å². The highest BCUT2D eigenvalue weighted by Gasteiger charge is 2.39. The summed E-state index contributed by atoms with van der Waals surface area (Å²) in [5.74, 6) is 2.27. The minimum absolute atomic E-state index is 0.168. The Morgan fingerprint density at radius 2 is 1.98 bits per heavy atom. The number of rotatable bonds is 8. The third-order valence-electron chi connectivity index (χ3n) is 11.3. The molecule has 3 heterocycles. The number of ether oxygens (including phenoxy) is 1. The predicted molar refractivity (Wildman–Crippen MR) is 200 cm³/mol. The van der Waals surface area contributed by atoms with Gasteiger partial charge >= 0.3 is 0 Å². The van der Waals surface area contributed by atoms with Crippen LogP contribution >= 0.6 is 0 Å². The molecule has 2 fully saturated rings. The molecule has 11 heteroatoms. The van der Waals surface area contributed by atoms with E-state index >= 15 is 0 Å². The van der Waals surface area contributed by atoms with Crippen molar-refractivity contribution < 1.29 is 9.13 Å². The number of pyridine rings is 1. The molecular weight excluding hydrogens is 643 g/mol. The normalized spacial score (nSPS) is 22.5. The van der Waals surface area contributed by atoms with Gasteiger partial charge in [-0.3, -0.25) is 19.2 Å². The SMILES string of the molecule is COc1ccc(CCn2c(-c3cccnc3)nc3cc(NC(=NC4CCC(C)(C)[C@@H](C)[C@@H]4C)N4CCN(CC#N)[C@@H](C)C4)ccc3c2=O)c(F)c1. The molecule has 0 spiro atoms. The second-order valence-electron chi connectivity index (χ2n) is 14.8. The van der Waals surface area contributed by atoms with Crippen molar-refractivity contribution in [2.45, 2.75) is 72.5 Å². The Morgan fingerprint density at radius 3 is 2.69 bits per heavy atom. The third kappa shape index (κ3) is 7.76. The van der Waals surface area contributed by atoms with Crippen LogP contribution in [-0.4, -0.2) is 75.7 Å². The molecule has 0 radical (unpaired) electrons. The average Bonchev–Trinajstić information content (AvgIpc) is 3.12. The number of fused-ring (bicyclic) bond motifs is 1. The molecule has 1 unspecified atom stereocenters. The molecule has 1 aliphatic heterocycles. The molecule has 2 aromatic heterocycles. The quantitative estimate of drug-likeness (QED) is 0.125. The molecule has 6 rings (SSSR count). The van der Waals surface area contributed by atoms with E-state index in [1.807, 2.05) is 30.3 Å². The van der Waals surface area contributed by atoms with Crippen molar-refractivity contribution in [3.05, 3.63) is 82.7 Å². The first kappa shape index (κ1) is 36.0. The number of methoxy groups -OCH3 is 1. The molecule has 1 saturated carbocycles. The third-order valence-corrected chi connectivity index (χ3v) is 11.3. The van der Waals surface area contributed by atoms with Crippen molar-refractivity contribution in [2.75, 3.05) is 38.6 Å². The van der Waals surface area contributed by atoms with Gasteiger partial charge in [-0.25, -0.2) is 14.4 Å². The Morgan fingerprint density at radius 1 is 1.16 bits per heavy atom. The van der Waals surface area contributed by atoms with E-state index in [0.29, 0.717) is 58.4 Å². The lowest BCUT2D eigenvalue weighted by atomic mass is 9.63. The highest BCUT2D eigenvalue weighted by Crippen LogP contribution is 2.44. The number of anilines is 1. The molecular formula is C40H49FN8O2. The summed E-state index contributed by atoms with van der Waals surface area (Å²) in [7, 11) is 1.50. The second-order valence-corrected chi connectivity index (χ2v) is 14.8. The monoisotopic (exact) mass is 692 g/mol. The van der Waals surface area contributed by atoms with Gasteiger partial charge in [-0.1, -0.05) is 33.8 Å². The first-order valence-electron chi connectivity index (χ1n) is 18.0. The van der Waals surface area contributed by atoms with Gasteiger partial charge in [0.2, 0.25) is 0 Å². The molecule has 0 bridgehead atoms. The highest BCUT2D eigenvalue weighted by atomic mass is 19.1. The van der Waals surface area contributed by atoms with Crippen molar-refractivity contribution in [2.24, 2.45) is 22.2 Å². The topological polar surface area (TPSA) is 112 Å². The summed E-state index contributed by atoms with van der Waals surface area (Å²) in [5, 5.41) is 13.5. The average molecular weight is 693 g/mol. The fourth-order valence-corrected chi connectivity index (χ4v) is 7.54. The van der Waals surface area contributed by atoms with E-state index in [4.69, 9.17) is 14.7 Å². The summed E-state index contributed by atoms with van der Waals surface area (Å²) >= 11 is 0. The smallest absolute Gasteiger partial charge is 0.261 e. The molecule has 2 aliphatic rings. The van der Waals surface area contributed by atoms with E-state index in [2.05, 4.69) is 60.8 Å². The molecule has 51 heavy (non-hydrogen) atoms. The lowest BCUT2D eigenvalue weighted by Gasteiger charge is -2.45. The minimum Gasteiger partial charge on any atom is -0.497 e. The maximum Gasteiger partial charge on any atom is 0.261 e. The number of aliphatic imine (C=N–C) groups is 1. The Kier molecular flexibility index (Phi) is 10.7. The van der Waals surface area contributed by atoms with Crippen LogP contribution in [-0.2, 0) is 13.0 Å². The Hall–Kier alpha value is -4.82. The van der Waals surface area contributed by atoms with Crippen LogP contribution in [0.1, 0.15) is 53.0 Å². The Balaban J connectivity index is 1.35. The molecule has 1 aliphatic carbocycles. The maximum absolute atomic E-state index is 14.9. The number of halogens is 1. The summed E-state index contributed by atoms with van der Waals surface area (Å²) in [4.78, 5) is 33.4. The van der Waals surface area contributed by atoms with Gasteiger partial charge in [-0.2, -0.15) is 5.26 Å². The van der Waals surface area contributed by atoms with E-state index in [9.17, 15) is 14.4 Å². The van der Waals surface area contributed by atoms with Gasteiger partial charge < -0.3 is 15.0 Å². The van der Waals surface area contributed by atoms with Crippen molar-refractivity contribution >= 4 is 22.5 Å². The predicted octanol–water partition coefficient (Wildman–Crippen LogP) is 6.61. The Labute approximate surface area is 300 Å². The number of piperazine rings is 1. The van der Waals surface area contributed by atoms with Crippen molar-refractivity contribution in [1.82, 2.24) is 24.3 Å². The van der Waals surface area contributed by atoms with Gasteiger partial charge in [0, 0.05) is 61.9 Å². The first-order chi connectivity index (χ1) is 24.5. The van der Waals surface area contributed by atoms with Crippen molar-refractivity contribution in [3.63, 3.8) is 0 Å². The number of nitriles is 1. The number of hydrogen-bond donors (Lipinski definition) is 1. The van der Waals surface area contributed by atoms with Crippen LogP contribution in [0.2, 0.25) is 0 Å². The van der Waals surface area contributed by atoms with Gasteiger partial charge in [-0.15, -0.1) is 0 Å². The van der Waals surface area contributed by atoms with Crippen molar-refractivity contribution in [3.8, 4) is 23.2 Å². The summed E-state index contributed by atoms with van der Waals surface area (Å²) < 4.78 is 21.6. The van der Waals surface area contributed by atoms with Crippen LogP contribution in [0.5, 0.6) is 5.75 Å². The summed E-state index contributed by atoms with van der Waals surface area (Å²) in [5.41, 5.74) is 2.57. The number of aromatic nitrogens is 3. The number of nitrogens with one attached hydrogen (secondary N) is 1. The lowest BCUT2D eigenvalue weighted by Crippen LogP contribution is -2.55. The molecule has 10 nitrogen and oxygen atoms in total. The maximum atomic E-state index is 14.9. The molecule has 0 amide bonds. The molecule has 1 saturated heterocycles. The van der Waals surface area contributed by atoms with Gasteiger partial charge in [0.1, 0.15) is 17.4 Å². The standard InChI is InChI=1S/C40H49FN8O2/c1-26-25-48(21-20-47(26)19-16-42)39(46-35-13-15-40(4,5)28(3)27(35)2)44-31-10-12-33-36(22-31)45-37(30-8-7-17-43-24-30)49(38(33)50)18-14-29-9-11-32(51-6)23-34(29)41/h7-12,17,22-24,26-28,35H,13-15,18-21,25H2,1-6H3,(H,44,46)/t26-,27-,28-,35?/m0/s1. The van der Waals surface area contributed by atoms with E-state index < -0.39 is 0 Å². The highest BCUT2D eigenvalue weighted by molar-refractivity contribution is 5.96. The molecule has 268 valence electrons. The van der Waals surface area contributed by atoms with E-state index in [1.54, 1.807) is 29.1 Å². The zero-order chi connectivity index (χ0) is 36.3. The summed E-state index contributed by atoms with van der Waals surface area (Å²) in [6.07, 6.45) is 5.79. The number of benzene rings is 2. The van der Waals surface area contributed by atoms with Crippen LogP contribution in [0.4, 0.5) is 10.1 Å². The fourth-order valence-electron chi connectivity index (χ4n) is 7.54. The number of guanidine groups is 1. The summed E-state index contributed by atoms with van der Waals surface area (Å²) in [6.45, 7) is 14.4. The molecule has 4 aromatic rings. The molecule has 4 atom stereocenters. The van der Waals surface area contributed by atoms with Gasteiger partial charge in [0.15, 0.2) is 5.96 Å². The molecule has 1 N–H and O–H groups in total. The van der Waals surface area contributed by atoms with Gasteiger partial charge in [0.25, 0.3) is 5.56 Å².